The molecule has 0 radical (unpaired) electrons. The Hall–Kier alpha value is -2.40. The van der Waals surface area contributed by atoms with Gasteiger partial charge in [0, 0.05) is 25.2 Å². The van der Waals surface area contributed by atoms with Crippen LogP contribution in [0.15, 0.2) is 42.5 Å². The van der Waals surface area contributed by atoms with E-state index in [2.05, 4.69) is 5.32 Å². The minimum atomic E-state index is -0.289. The molecule has 4 nitrogen and oxygen atoms in total. The van der Waals surface area contributed by atoms with Crippen LogP contribution in [0, 0.1) is 12.7 Å². The number of benzene rings is 2. The van der Waals surface area contributed by atoms with Crippen molar-refractivity contribution in [2.24, 2.45) is 0 Å². The Bertz CT molecular complexity index is 748. The van der Waals surface area contributed by atoms with Gasteiger partial charge in [0.1, 0.15) is 11.6 Å². The molecule has 1 N–H and O–H groups in total. The maximum Gasteiger partial charge on any atom is 0.254 e. The van der Waals surface area contributed by atoms with Gasteiger partial charge in [-0.1, -0.05) is 18.2 Å². The van der Waals surface area contributed by atoms with Gasteiger partial charge >= 0.3 is 0 Å². The predicted octanol–water partition coefficient (Wildman–Crippen LogP) is 2.93. The van der Waals surface area contributed by atoms with Crippen LogP contribution in [0.25, 0.3) is 0 Å². The lowest BCUT2D eigenvalue weighted by Gasteiger charge is -2.36. The number of ether oxygens (including phenoxy) is 1. The Morgan fingerprint density at radius 3 is 2.88 bits per heavy atom. The van der Waals surface area contributed by atoms with E-state index in [1.165, 1.54) is 12.1 Å². The third-order valence-electron chi connectivity index (χ3n) is 4.39. The number of hydrogen-bond acceptors (Lipinski definition) is 3. The van der Waals surface area contributed by atoms with E-state index >= 15 is 0 Å². The van der Waals surface area contributed by atoms with Gasteiger partial charge in [-0.15, -0.1) is 0 Å². The number of hydrogen-bond donors (Lipinski definition) is 1. The zero-order valence-electron chi connectivity index (χ0n) is 13.9. The molecule has 3 rings (SSSR count). The van der Waals surface area contributed by atoms with E-state index in [0.717, 1.165) is 17.7 Å². The summed E-state index contributed by atoms with van der Waals surface area (Å²) < 4.78 is 18.9. The van der Waals surface area contributed by atoms with Crippen LogP contribution in [0.2, 0.25) is 0 Å². The molecule has 126 valence electrons. The third kappa shape index (κ3) is 3.26. The zero-order chi connectivity index (χ0) is 17.1. The summed E-state index contributed by atoms with van der Waals surface area (Å²) in [6.07, 6.45) is 0. The van der Waals surface area contributed by atoms with Gasteiger partial charge in [0.05, 0.1) is 13.2 Å². The molecular weight excluding hydrogens is 307 g/mol. The fraction of sp³-hybridized carbons (Fsp3) is 0.316. The number of carbonyl (C=O) groups excluding carboxylic acids is 1. The number of halogens is 1. The van der Waals surface area contributed by atoms with Crippen molar-refractivity contribution in [1.82, 2.24) is 10.2 Å². The van der Waals surface area contributed by atoms with E-state index in [4.69, 9.17) is 4.74 Å². The van der Waals surface area contributed by atoms with Gasteiger partial charge in [-0.2, -0.15) is 0 Å². The zero-order valence-corrected chi connectivity index (χ0v) is 13.9. The summed E-state index contributed by atoms with van der Waals surface area (Å²) in [5.74, 6) is 0.338. The van der Waals surface area contributed by atoms with Crippen LogP contribution in [0.5, 0.6) is 5.75 Å². The smallest absolute Gasteiger partial charge is 0.254 e. The highest BCUT2D eigenvalue weighted by molar-refractivity contribution is 5.95. The fourth-order valence-electron chi connectivity index (χ4n) is 3.08. The number of nitrogens with one attached hydrogen (secondary N) is 1. The average molecular weight is 328 g/mol. The summed E-state index contributed by atoms with van der Waals surface area (Å²) >= 11 is 0. The molecule has 0 aromatic heterocycles. The van der Waals surface area contributed by atoms with Gasteiger partial charge in [0.2, 0.25) is 0 Å². The first-order chi connectivity index (χ1) is 11.6. The molecule has 5 heteroatoms. The molecule has 0 saturated carbocycles. The second-order valence-electron chi connectivity index (χ2n) is 5.96. The molecule has 1 atom stereocenters. The molecule has 1 amide bonds. The Balaban J connectivity index is 1.91. The quantitative estimate of drug-likeness (QED) is 0.942. The highest BCUT2D eigenvalue weighted by Crippen LogP contribution is 2.26. The normalized spacial score (nSPS) is 17.6. The van der Waals surface area contributed by atoms with Crippen LogP contribution in [-0.4, -0.2) is 37.6 Å². The molecule has 0 spiro atoms. The average Bonchev–Trinajstić information content (AvgIpc) is 2.61. The number of aryl methyl sites for hydroxylation is 1. The molecule has 1 aliphatic rings. The van der Waals surface area contributed by atoms with Crippen molar-refractivity contribution >= 4 is 5.91 Å². The van der Waals surface area contributed by atoms with E-state index in [1.807, 2.05) is 25.1 Å². The van der Waals surface area contributed by atoms with E-state index in [0.29, 0.717) is 24.4 Å². The van der Waals surface area contributed by atoms with Crippen molar-refractivity contribution in [1.29, 1.82) is 0 Å². The summed E-state index contributed by atoms with van der Waals surface area (Å²) in [5, 5.41) is 3.28. The molecule has 1 heterocycles. The summed E-state index contributed by atoms with van der Waals surface area (Å²) in [6, 6.07) is 11.7. The minimum Gasteiger partial charge on any atom is -0.496 e. The van der Waals surface area contributed by atoms with Crippen molar-refractivity contribution in [2.45, 2.75) is 13.0 Å². The number of piperazine rings is 1. The van der Waals surface area contributed by atoms with Gasteiger partial charge < -0.3 is 15.0 Å². The molecule has 0 bridgehead atoms. The Kier molecular flexibility index (Phi) is 4.81. The summed E-state index contributed by atoms with van der Waals surface area (Å²) in [5.41, 5.74) is 2.37. The predicted molar refractivity (Wildman–Crippen MR) is 90.8 cm³/mol. The van der Waals surface area contributed by atoms with Crippen molar-refractivity contribution in [3.05, 3.63) is 65.0 Å². The van der Waals surface area contributed by atoms with Gasteiger partial charge in [0.15, 0.2) is 0 Å². The fourth-order valence-corrected chi connectivity index (χ4v) is 3.08. The molecule has 2 aromatic rings. The van der Waals surface area contributed by atoms with Crippen LogP contribution < -0.4 is 10.1 Å². The molecule has 1 unspecified atom stereocenters. The van der Waals surface area contributed by atoms with Crippen LogP contribution >= 0.6 is 0 Å². The molecule has 1 saturated heterocycles. The topological polar surface area (TPSA) is 41.6 Å². The van der Waals surface area contributed by atoms with E-state index in [9.17, 15) is 9.18 Å². The Labute approximate surface area is 141 Å². The molecule has 1 fully saturated rings. The van der Waals surface area contributed by atoms with Crippen LogP contribution in [0.3, 0.4) is 0 Å². The largest absolute Gasteiger partial charge is 0.496 e. The van der Waals surface area contributed by atoms with E-state index < -0.39 is 0 Å². The minimum absolute atomic E-state index is 0.0657. The summed E-state index contributed by atoms with van der Waals surface area (Å²) in [6.45, 7) is 3.85. The lowest BCUT2D eigenvalue weighted by molar-refractivity contribution is 0.0633. The Morgan fingerprint density at radius 2 is 2.12 bits per heavy atom. The highest BCUT2D eigenvalue weighted by atomic mass is 19.1. The number of carbonyl (C=O) groups is 1. The van der Waals surface area contributed by atoms with Gasteiger partial charge in [-0.25, -0.2) is 4.39 Å². The highest BCUT2D eigenvalue weighted by Gasteiger charge is 2.29. The lowest BCUT2D eigenvalue weighted by Crippen LogP contribution is -2.48. The maximum absolute atomic E-state index is 13.6. The standard InChI is InChI=1S/C19H21FN2O2/c1-13-6-7-15(11-18(13)24-2)19(23)22-9-8-21-12-17(22)14-4-3-5-16(20)10-14/h3-7,10-11,17,21H,8-9,12H2,1-2H3. The molecular formula is C19H21FN2O2. The molecule has 24 heavy (non-hydrogen) atoms. The SMILES string of the molecule is COc1cc(C(=O)N2CCNCC2c2cccc(F)c2)ccc1C. The van der Waals surface area contributed by atoms with Crippen molar-refractivity contribution in [3.8, 4) is 5.75 Å². The number of nitrogens with zero attached hydrogens (tertiary/aromatic N) is 1. The molecule has 2 aromatic carbocycles. The van der Waals surface area contributed by atoms with Crippen molar-refractivity contribution in [3.63, 3.8) is 0 Å². The summed E-state index contributed by atoms with van der Waals surface area (Å²) in [7, 11) is 1.59. The van der Waals surface area contributed by atoms with Crippen molar-refractivity contribution < 1.29 is 13.9 Å². The van der Waals surface area contributed by atoms with Crippen LogP contribution in [-0.2, 0) is 0 Å². The second kappa shape index (κ2) is 7.01. The van der Waals surface area contributed by atoms with Crippen LogP contribution in [0.1, 0.15) is 27.5 Å². The van der Waals surface area contributed by atoms with Gasteiger partial charge in [0.25, 0.3) is 5.91 Å². The van der Waals surface area contributed by atoms with Crippen LogP contribution in [0.4, 0.5) is 4.39 Å². The van der Waals surface area contributed by atoms with Crippen molar-refractivity contribution in [2.75, 3.05) is 26.7 Å². The third-order valence-corrected chi connectivity index (χ3v) is 4.39. The van der Waals surface area contributed by atoms with Gasteiger partial charge in [-0.3, -0.25) is 4.79 Å². The monoisotopic (exact) mass is 328 g/mol. The maximum atomic E-state index is 13.6. The van der Waals surface area contributed by atoms with E-state index in [1.54, 1.807) is 24.1 Å². The first-order valence-electron chi connectivity index (χ1n) is 8.02. The van der Waals surface area contributed by atoms with E-state index in [-0.39, 0.29) is 17.8 Å². The molecule has 1 aliphatic heterocycles. The van der Waals surface area contributed by atoms with Gasteiger partial charge in [-0.05, 0) is 42.3 Å². The molecule has 0 aliphatic carbocycles. The number of rotatable bonds is 3. The lowest BCUT2D eigenvalue weighted by atomic mass is 10.0. The summed E-state index contributed by atoms with van der Waals surface area (Å²) in [4.78, 5) is 14.8. The first-order valence-corrected chi connectivity index (χ1v) is 8.02. The first kappa shape index (κ1) is 16.5. The number of methoxy groups -OCH3 is 1. The second-order valence-corrected chi connectivity index (χ2v) is 5.96. The Morgan fingerprint density at radius 1 is 1.29 bits per heavy atom. The number of amides is 1.